The molecule has 10 nitrogen and oxygen atoms in total. The van der Waals surface area contributed by atoms with Gasteiger partial charge in [0.25, 0.3) is 5.91 Å². The van der Waals surface area contributed by atoms with Crippen LogP contribution >= 0.6 is 11.6 Å². The zero-order chi connectivity index (χ0) is 20.2. The molecule has 27 heavy (non-hydrogen) atoms. The monoisotopic (exact) mass is 415 g/mol. The fraction of sp³-hybridized carbons (Fsp3) is 0.133. The summed E-state index contributed by atoms with van der Waals surface area (Å²) in [5, 5.41) is 18.9. The predicted molar refractivity (Wildman–Crippen MR) is 96.6 cm³/mol. The zero-order valence-electron chi connectivity index (χ0n) is 13.8. The molecule has 0 aromatic heterocycles. The highest BCUT2D eigenvalue weighted by Crippen LogP contribution is 2.30. The largest absolute Gasteiger partial charge is 0.495 e. The van der Waals surface area contributed by atoms with Gasteiger partial charge in [-0.15, -0.1) is 0 Å². The Labute approximate surface area is 159 Å². The summed E-state index contributed by atoms with van der Waals surface area (Å²) in [5.41, 5.74) is -0.354. The van der Waals surface area contributed by atoms with Crippen LogP contribution in [-0.4, -0.2) is 33.0 Å². The minimum absolute atomic E-state index is 0.290. The van der Waals surface area contributed by atoms with Gasteiger partial charge < -0.3 is 14.8 Å². The fourth-order valence-electron chi connectivity index (χ4n) is 2.05. The molecule has 0 aliphatic heterocycles. The van der Waals surface area contributed by atoms with Gasteiger partial charge in [-0.05, 0) is 30.3 Å². The predicted octanol–water partition coefficient (Wildman–Crippen LogP) is 1.92. The lowest BCUT2D eigenvalue weighted by atomic mass is 10.3. The van der Waals surface area contributed by atoms with Crippen molar-refractivity contribution < 1.29 is 27.6 Å². The van der Waals surface area contributed by atoms with Gasteiger partial charge in [0.1, 0.15) is 5.75 Å². The van der Waals surface area contributed by atoms with Gasteiger partial charge in [0, 0.05) is 11.1 Å². The van der Waals surface area contributed by atoms with E-state index in [2.05, 4.69) is 5.32 Å². The maximum Gasteiger partial charge on any atom is 0.312 e. The number of amides is 1. The van der Waals surface area contributed by atoms with Crippen LogP contribution in [0.15, 0.2) is 41.3 Å². The van der Waals surface area contributed by atoms with Crippen LogP contribution in [-0.2, 0) is 14.8 Å². The number of benzene rings is 2. The van der Waals surface area contributed by atoms with E-state index in [4.69, 9.17) is 26.2 Å². The molecule has 0 saturated carbocycles. The number of hydrogen-bond donors (Lipinski definition) is 2. The first kappa shape index (κ1) is 20.4. The summed E-state index contributed by atoms with van der Waals surface area (Å²) in [6.45, 7) is -0.578. The van der Waals surface area contributed by atoms with Crippen LogP contribution in [0.5, 0.6) is 11.5 Å². The van der Waals surface area contributed by atoms with Gasteiger partial charge in [-0.3, -0.25) is 14.9 Å². The van der Waals surface area contributed by atoms with Crippen molar-refractivity contribution in [2.75, 3.05) is 19.0 Å². The van der Waals surface area contributed by atoms with E-state index < -0.39 is 38.0 Å². The molecule has 0 atom stereocenters. The van der Waals surface area contributed by atoms with Crippen LogP contribution in [0.25, 0.3) is 0 Å². The number of nitro groups is 1. The van der Waals surface area contributed by atoms with Gasteiger partial charge in [-0.1, -0.05) is 11.6 Å². The summed E-state index contributed by atoms with van der Waals surface area (Å²) >= 11 is 5.87. The number of hydrogen-bond acceptors (Lipinski definition) is 7. The first-order valence-electron chi connectivity index (χ1n) is 7.19. The Bertz CT molecular complexity index is 995. The molecule has 0 spiro atoms. The molecule has 0 aliphatic carbocycles. The van der Waals surface area contributed by atoms with Gasteiger partial charge in [-0.25, -0.2) is 13.6 Å². The van der Waals surface area contributed by atoms with Gasteiger partial charge >= 0.3 is 5.69 Å². The molecule has 0 fully saturated rings. The van der Waals surface area contributed by atoms with Crippen molar-refractivity contribution in [3.63, 3.8) is 0 Å². The van der Waals surface area contributed by atoms with Crippen LogP contribution in [0.4, 0.5) is 11.4 Å². The van der Waals surface area contributed by atoms with Crippen LogP contribution in [0, 0.1) is 10.1 Å². The quantitative estimate of drug-likeness (QED) is 0.517. The number of methoxy groups -OCH3 is 1. The van der Waals surface area contributed by atoms with Crippen molar-refractivity contribution in [1.82, 2.24) is 0 Å². The van der Waals surface area contributed by atoms with Gasteiger partial charge in [0.05, 0.1) is 22.6 Å². The number of rotatable bonds is 7. The number of anilines is 1. The molecule has 0 aliphatic rings. The van der Waals surface area contributed by atoms with E-state index in [0.29, 0.717) is 10.8 Å². The third-order valence-corrected chi connectivity index (χ3v) is 4.40. The van der Waals surface area contributed by atoms with Crippen molar-refractivity contribution in [2.24, 2.45) is 5.14 Å². The summed E-state index contributed by atoms with van der Waals surface area (Å²) in [6.07, 6.45) is 0. The highest BCUT2D eigenvalue weighted by Gasteiger charge is 2.21. The normalized spacial score (nSPS) is 10.9. The van der Waals surface area contributed by atoms with Crippen molar-refractivity contribution in [1.29, 1.82) is 0 Å². The second kappa shape index (κ2) is 8.20. The lowest BCUT2D eigenvalue weighted by molar-refractivity contribution is -0.386. The number of nitrogens with zero attached hydrogens (tertiary/aromatic N) is 1. The molecular formula is C15H14ClN3O7S. The molecule has 0 heterocycles. The Morgan fingerprint density at radius 1 is 1.26 bits per heavy atom. The molecule has 2 aromatic carbocycles. The zero-order valence-corrected chi connectivity index (χ0v) is 15.4. The molecule has 2 rings (SSSR count). The van der Waals surface area contributed by atoms with E-state index >= 15 is 0 Å². The number of nitrogens with one attached hydrogen (secondary N) is 1. The molecule has 12 heteroatoms. The maximum absolute atomic E-state index is 12.1. The second-order valence-electron chi connectivity index (χ2n) is 5.11. The van der Waals surface area contributed by atoms with E-state index in [-0.39, 0.29) is 11.4 Å². The van der Waals surface area contributed by atoms with Crippen molar-refractivity contribution in [3.8, 4) is 11.5 Å². The molecule has 3 N–H and O–H groups in total. The Kier molecular flexibility index (Phi) is 6.20. The van der Waals surface area contributed by atoms with Crippen LogP contribution in [0.2, 0.25) is 5.02 Å². The SMILES string of the molecule is COc1ccc(Cl)cc1NC(=O)COc1ccc(S(N)(=O)=O)cc1[N+](=O)[O-]. The van der Waals surface area contributed by atoms with Crippen molar-refractivity contribution in [2.45, 2.75) is 4.90 Å². The van der Waals surface area contributed by atoms with E-state index in [1.807, 2.05) is 0 Å². The molecule has 0 saturated heterocycles. The average molecular weight is 416 g/mol. The minimum Gasteiger partial charge on any atom is -0.495 e. The molecule has 0 radical (unpaired) electrons. The topological polar surface area (TPSA) is 151 Å². The molecule has 1 amide bonds. The van der Waals surface area contributed by atoms with E-state index in [9.17, 15) is 23.3 Å². The molecular weight excluding hydrogens is 402 g/mol. The average Bonchev–Trinajstić information content (AvgIpc) is 2.59. The number of primary sulfonamides is 1. The Balaban J connectivity index is 2.15. The maximum atomic E-state index is 12.1. The van der Waals surface area contributed by atoms with Crippen LogP contribution in [0.3, 0.4) is 0 Å². The highest BCUT2D eigenvalue weighted by atomic mass is 35.5. The smallest absolute Gasteiger partial charge is 0.312 e. The van der Waals surface area contributed by atoms with Gasteiger partial charge in [0.2, 0.25) is 10.0 Å². The van der Waals surface area contributed by atoms with Gasteiger partial charge in [-0.2, -0.15) is 0 Å². The summed E-state index contributed by atoms with van der Waals surface area (Å²) in [6, 6.07) is 7.42. The summed E-state index contributed by atoms with van der Waals surface area (Å²) in [4.78, 5) is 21.9. The lowest BCUT2D eigenvalue weighted by Gasteiger charge is -2.11. The van der Waals surface area contributed by atoms with Crippen molar-refractivity contribution in [3.05, 3.63) is 51.5 Å². The Morgan fingerprint density at radius 3 is 2.52 bits per heavy atom. The Morgan fingerprint density at radius 2 is 1.93 bits per heavy atom. The number of nitro benzene ring substituents is 1. The first-order chi connectivity index (χ1) is 12.6. The lowest BCUT2D eigenvalue weighted by Crippen LogP contribution is -2.21. The third kappa shape index (κ3) is 5.29. The summed E-state index contributed by atoms with van der Waals surface area (Å²) < 4.78 is 32.8. The van der Waals surface area contributed by atoms with Crippen LogP contribution in [0.1, 0.15) is 0 Å². The fourth-order valence-corrected chi connectivity index (χ4v) is 2.75. The first-order valence-corrected chi connectivity index (χ1v) is 9.11. The van der Waals surface area contributed by atoms with Crippen LogP contribution < -0.4 is 19.9 Å². The van der Waals surface area contributed by atoms with Crippen molar-refractivity contribution >= 4 is 38.9 Å². The number of carbonyl (C=O) groups is 1. The summed E-state index contributed by atoms with van der Waals surface area (Å²) in [7, 11) is -2.72. The number of nitrogens with two attached hydrogens (primary N) is 1. The highest BCUT2D eigenvalue weighted by molar-refractivity contribution is 7.89. The van der Waals surface area contributed by atoms with Gasteiger partial charge in [0.15, 0.2) is 12.4 Å². The van der Waals surface area contributed by atoms with E-state index in [1.165, 1.54) is 13.2 Å². The van der Waals surface area contributed by atoms with E-state index in [0.717, 1.165) is 18.2 Å². The number of carbonyl (C=O) groups excluding carboxylic acids is 1. The standard InChI is InChI=1S/C15H14ClN3O7S/c1-25-13-4-2-9(16)6-11(13)18-15(20)8-26-14-5-3-10(27(17,23)24)7-12(14)19(21)22/h2-7H,8H2,1H3,(H,18,20)(H2,17,23,24). The molecule has 144 valence electrons. The third-order valence-electron chi connectivity index (χ3n) is 3.25. The molecule has 2 aromatic rings. The molecule has 0 unspecified atom stereocenters. The number of ether oxygens (including phenoxy) is 2. The minimum atomic E-state index is -4.13. The Hall–Kier alpha value is -2.89. The second-order valence-corrected chi connectivity index (χ2v) is 7.11. The summed E-state index contributed by atoms with van der Waals surface area (Å²) in [5.74, 6) is -0.572. The number of halogens is 1. The molecule has 0 bridgehead atoms. The van der Waals surface area contributed by atoms with E-state index in [1.54, 1.807) is 12.1 Å². The number of sulfonamides is 1.